The number of aryl methyl sites for hydroxylation is 1. The van der Waals surface area contributed by atoms with Crippen molar-refractivity contribution in [3.63, 3.8) is 0 Å². The van der Waals surface area contributed by atoms with E-state index in [1.807, 2.05) is 26.8 Å². The van der Waals surface area contributed by atoms with Gasteiger partial charge in [0.15, 0.2) is 0 Å². The third-order valence-corrected chi connectivity index (χ3v) is 5.70. The fourth-order valence-corrected chi connectivity index (χ4v) is 4.54. The van der Waals surface area contributed by atoms with Gasteiger partial charge in [-0.3, -0.25) is 0 Å². The first-order valence-corrected chi connectivity index (χ1v) is 8.65. The number of hydrogen-bond acceptors (Lipinski definition) is 3. The molecule has 0 spiro atoms. The normalized spacial score (nSPS) is 11.7. The molecule has 0 fully saturated rings. The summed E-state index contributed by atoms with van der Waals surface area (Å²) in [6.07, 6.45) is 0.938. The Morgan fingerprint density at radius 3 is 1.78 bits per heavy atom. The van der Waals surface area contributed by atoms with Crippen LogP contribution in [0.4, 0.5) is 0 Å². The molecule has 1 rings (SSSR count). The average molecular weight is 268 g/mol. The van der Waals surface area contributed by atoms with Crippen LogP contribution in [0.1, 0.15) is 26.3 Å². The molecule has 0 aromatic heterocycles. The molecular weight excluding hydrogens is 244 g/mol. The standard InChI is InChI=1S/C14H24O3Si/c1-4-15-18(16-5-2,17-6-3)13-12-14-10-8-7-9-11-14/h7-11H,4-6,12-13H2,1-3H3. The molecule has 18 heavy (non-hydrogen) atoms. The fourth-order valence-electron chi connectivity index (χ4n) is 1.94. The van der Waals surface area contributed by atoms with E-state index >= 15 is 0 Å². The predicted molar refractivity (Wildman–Crippen MR) is 75.6 cm³/mol. The minimum Gasteiger partial charge on any atom is -0.374 e. The zero-order chi connectivity index (χ0) is 13.3. The van der Waals surface area contributed by atoms with Crippen molar-refractivity contribution in [2.75, 3.05) is 19.8 Å². The summed E-state index contributed by atoms with van der Waals surface area (Å²) >= 11 is 0. The van der Waals surface area contributed by atoms with Crippen LogP contribution in [-0.4, -0.2) is 28.6 Å². The van der Waals surface area contributed by atoms with Gasteiger partial charge in [-0.15, -0.1) is 0 Å². The van der Waals surface area contributed by atoms with Gasteiger partial charge in [-0.25, -0.2) is 0 Å². The van der Waals surface area contributed by atoms with Crippen LogP contribution in [0.3, 0.4) is 0 Å². The second-order valence-electron chi connectivity index (χ2n) is 3.97. The average Bonchev–Trinajstić information content (AvgIpc) is 2.39. The molecule has 0 aliphatic rings. The third-order valence-electron chi connectivity index (χ3n) is 2.66. The first-order chi connectivity index (χ1) is 8.76. The Balaban J connectivity index is 2.64. The lowest BCUT2D eigenvalue weighted by atomic mass is 10.2. The smallest absolute Gasteiger partial charge is 0.374 e. The molecule has 4 heteroatoms. The maximum absolute atomic E-state index is 5.83. The van der Waals surface area contributed by atoms with Gasteiger partial charge < -0.3 is 13.3 Å². The first-order valence-electron chi connectivity index (χ1n) is 6.72. The first kappa shape index (κ1) is 15.4. The Morgan fingerprint density at radius 1 is 0.833 bits per heavy atom. The monoisotopic (exact) mass is 268 g/mol. The third kappa shape index (κ3) is 4.90. The molecule has 0 saturated heterocycles. The van der Waals surface area contributed by atoms with Crippen molar-refractivity contribution in [3.05, 3.63) is 35.9 Å². The van der Waals surface area contributed by atoms with Crippen LogP contribution in [-0.2, 0) is 19.7 Å². The van der Waals surface area contributed by atoms with Gasteiger partial charge in [0.1, 0.15) is 0 Å². The van der Waals surface area contributed by atoms with Gasteiger partial charge in [-0.05, 0) is 32.8 Å². The van der Waals surface area contributed by atoms with Crippen LogP contribution >= 0.6 is 0 Å². The molecule has 0 radical (unpaired) electrons. The number of rotatable bonds is 9. The Labute approximate surface area is 111 Å². The molecule has 0 unspecified atom stereocenters. The lowest BCUT2D eigenvalue weighted by Crippen LogP contribution is -2.46. The highest BCUT2D eigenvalue weighted by Crippen LogP contribution is 2.19. The second kappa shape index (κ2) is 8.42. The van der Waals surface area contributed by atoms with Crippen molar-refractivity contribution in [2.45, 2.75) is 33.2 Å². The summed E-state index contributed by atoms with van der Waals surface area (Å²) in [5, 5.41) is 0. The molecule has 0 saturated carbocycles. The summed E-state index contributed by atoms with van der Waals surface area (Å²) in [4.78, 5) is 0. The van der Waals surface area contributed by atoms with E-state index in [2.05, 4.69) is 24.3 Å². The SMILES string of the molecule is CCO[Si](CCc1ccccc1)(OCC)OCC. The van der Waals surface area contributed by atoms with Crippen LogP contribution < -0.4 is 0 Å². The lowest BCUT2D eigenvalue weighted by molar-refractivity contribution is 0.0714. The summed E-state index contributed by atoms with van der Waals surface area (Å²) in [5.74, 6) is 0. The molecule has 0 atom stereocenters. The summed E-state index contributed by atoms with van der Waals surface area (Å²) < 4.78 is 17.5. The van der Waals surface area contributed by atoms with Crippen molar-refractivity contribution >= 4 is 8.80 Å². The summed E-state index contributed by atoms with van der Waals surface area (Å²) in [7, 11) is -2.48. The van der Waals surface area contributed by atoms with E-state index in [1.165, 1.54) is 5.56 Å². The topological polar surface area (TPSA) is 27.7 Å². The van der Waals surface area contributed by atoms with Gasteiger partial charge in [0.05, 0.1) is 0 Å². The maximum Gasteiger partial charge on any atom is 0.501 e. The van der Waals surface area contributed by atoms with E-state index in [0.29, 0.717) is 19.8 Å². The Hall–Kier alpha value is -0.683. The number of benzene rings is 1. The van der Waals surface area contributed by atoms with Crippen LogP contribution in [0.15, 0.2) is 30.3 Å². The van der Waals surface area contributed by atoms with E-state index < -0.39 is 8.80 Å². The van der Waals surface area contributed by atoms with Crippen molar-refractivity contribution in [2.24, 2.45) is 0 Å². The Morgan fingerprint density at radius 2 is 1.33 bits per heavy atom. The van der Waals surface area contributed by atoms with Gasteiger partial charge in [-0.2, -0.15) is 0 Å². The van der Waals surface area contributed by atoms with Crippen LogP contribution in [0.2, 0.25) is 6.04 Å². The molecule has 0 aliphatic heterocycles. The van der Waals surface area contributed by atoms with Crippen LogP contribution in [0.5, 0.6) is 0 Å². The zero-order valence-electron chi connectivity index (χ0n) is 11.6. The zero-order valence-corrected chi connectivity index (χ0v) is 12.6. The highest BCUT2D eigenvalue weighted by molar-refractivity contribution is 6.60. The van der Waals surface area contributed by atoms with Gasteiger partial charge in [0.25, 0.3) is 0 Å². The largest absolute Gasteiger partial charge is 0.501 e. The van der Waals surface area contributed by atoms with Gasteiger partial charge in [0, 0.05) is 25.9 Å². The van der Waals surface area contributed by atoms with Gasteiger partial charge in [-0.1, -0.05) is 30.3 Å². The second-order valence-corrected chi connectivity index (χ2v) is 6.70. The molecule has 0 bridgehead atoms. The molecule has 0 N–H and O–H groups in total. The highest BCUT2D eigenvalue weighted by atomic mass is 28.4. The molecule has 0 amide bonds. The lowest BCUT2D eigenvalue weighted by Gasteiger charge is -2.28. The molecule has 3 nitrogen and oxygen atoms in total. The van der Waals surface area contributed by atoms with Crippen LogP contribution in [0, 0.1) is 0 Å². The van der Waals surface area contributed by atoms with Crippen LogP contribution in [0.25, 0.3) is 0 Å². The highest BCUT2D eigenvalue weighted by Gasteiger charge is 2.39. The van der Waals surface area contributed by atoms with E-state index in [-0.39, 0.29) is 0 Å². The van der Waals surface area contributed by atoms with Crippen molar-refractivity contribution in [1.29, 1.82) is 0 Å². The van der Waals surface area contributed by atoms with Gasteiger partial charge in [0.2, 0.25) is 0 Å². The van der Waals surface area contributed by atoms with Crippen molar-refractivity contribution in [1.82, 2.24) is 0 Å². The van der Waals surface area contributed by atoms with Gasteiger partial charge >= 0.3 is 8.80 Å². The van der Waals surface area contributed by atoms with Crippen molar-refractivity contribution < 1.29 is 13.3 Å². The molecule has 1 aromatic carbocycles. The summed E-state index contributed by atoms with van der Waals surface area (Å²) in [6, 6.07) is 11.2. The Kier molecular flexibility index (Phi) is 7.20. The minimum absolute atomic E-state index is 0.640. The van der Waals surface area contributed by atoms with E-state index in [1.54, 1.807) is 0 Å². The predicted octanol–water partition coefficient (Wildman–Crippen LogP) is 3.28. The molecule has 102 valence electrons. The molecular formula is C14H24O3Si. The maximum atomic E-state index is 5.83. The quantitative estimate of drug-likeness (QED) is 0.643. The van der Waals surface area contributed by atoms with E-state index in [9.17, 15) is 0 Å². The molecule has 0 aliphatic carbocycles. The number of hydrogen-bond donors (Lipinski definition) is 0. The summed E-state index contributed by atoms with van der Waals surface area (Å²) in [6.45, 7) is 7.88. The summed E-state index contributed by atoms with van der Waals surface area (Å²) in [5.41, 5.74) is 1.30. The fraction of sp³-hybridized carbons (Fsp3) is 0.571. The van der Waals surface area contributed by atoms with E-state index in [4.69, 9.17) is 13.3 Å². The Bertz CT molecular complexity index is 299. The molecule has 1 aromatic rings. The van der Waals surface area contributed by atoms with Crippen molar-refractivity contribution in [3.8, 4) is 0 Å². The molecule has 0 heterocycles. The minimum atomic E-state index is -2.48. The van der Waals surface area contributed by atoms with E-state index in [0.717, 1.165) is 12.5 Å².